The smallest absolute Gasteiger partial charge is 0.411 e. The summed E-state index contributed by atoms with van der Waals surface area (Å²) in [7, 11) is 0. The number of anilines is 2. The van der Waals surface area contributed by atoms with Gasteiger partial charge < -0.3 is 19.9 Å². The molecule has 2 atom stereocenters. The van der Waals surface area contributed by atoms with E-state index in [1.165, 1.54) is 4.57 Å². The Bertz CT molecular complexity index is 1630. The molecule has 2 heterocycles. The average molecular weight is 614 g/mol. The second-order valence-corrected chi connectivity index (χ2v) is 12.2. The van der Waals surface area contributed by atoms with Gasteiger partial charge in [0.1, 0.15) is 17.4 Å². The van der Waals surface area contributed by atoms with Crippen LogP contribution in [0.5, 0.6) is 5.75 Å². The maximum Gasteiger partial charge on any atom is 0.411 e. The van der Waals surface area contributed by atoms with Crippen molar-refractivity contribution >= 4 is 35.3 Å². The first kappa shape index (κ1) is 31.6. The highest BCUT2D eigenvalue weighted by molar-refractivity contribution is 6.30. The van der Waals surface area contributed by atoms with Gasteiger partial charge in [-0.25, -0.2) is 23.7 Å². The number of likely N-dealkylation sites (tertiary alicyclic amines) is 1. The number of nitrogens with zero attached hydrogens (tertiary/aromatic N) is 4. The number of hydrogen-bond acceptors (Lipinski definition) is 8. The zero-order valence-electron chi connectivity index (χ0n) is 25.0. The minimum absolute atomic E-state index is 0.00471. The lowest BCUT2D eigenvalue weighted by atomic mass is 10.1. The Morgan fingerprint density at radius 1 is 1.14 bits per heavy atom. The third-order valence-electron chi connectivity index (χ3n) is 6.71. The van der Waals surface area contributed by atoms with Crippen LogP contribution in [0, 0.1) is 6.92 Å². The van der Waals surface area contributed by atoms with Gasteiger partial charge in [0.2, 0.25) is 5.95 Å². The Kier molecular flexibility index (Phi) is 9.19. The number of rotatable bonds is 8. The van der Waals surface area contributed by atoms with Gasteiger partial charge in [-0.15, -0.1) is 0 Å². The molecule has 4 rings (SSSR count). The van der Waals surface area contributed by atoms with E-state index in [9.17, 15) is 24.3 Å². The summed E-state index contributed by atoms with van der Waals surface area (Å²) in [6.07, 6.45) is -1.03. The number of aromatic nitrogens is 3. The molecule has 1 aromatic heterocycles. The van der Waals surface area contributed by atoms with Crippen LogP contribution in [-0.2, 0) is 16.1 Å². The third kappa shape index (κ3) is 7.56. The predicted molar refractivity (Wildman–Crippen MR) is 162 cm³/mol. The monoisotopic (exact) mass is 613 g/mol. The van der Waals surface area contributed by atoms with Crippen molar-refractivity contribution in [1.82, 2.24) is 19.0 Å². The van der Waals surface area contributed by atoms with E-state index in [2.05, 4.69) is 10.3 Å². The molecule has 230 valence electrons. The largest absolute Gasteiger partial charge is 0.491 e. The van der Waals surface area contributed by atoms with Gasteiger partial charge in [0.25, 0.3) is 0 Å². The Balaban J connectivity index is 1.76. The van der Waals surface area contributed by atoms with Crippen molar-refractivity contribution in [3.8, 4) is 5.75 Å². The number of carbonyl (C=O) groups excluding carboxylic acids is 1. The maximum atomic E-state index is 14.0. The number of ether oxygens (including phenoxy) is 2. The van der Waals surface area contributed by atoms with Crippen molar-refractivity contribution in [2.24, 2.45) is 0 Å². The van der Waals surface area contributed by atoms with Crippen LogP contribution in [0.1, 0.15) is 58.2 Å². The molecule has 1 fully saturated rings. The molecular weight excluding hydrogens is 578 g/mol. The van der Waals surface area contributed by atoms with Gasteiger partial charge in [-0.2, -0.15) is 4.98 Å². The summed E-state index contributed by atoms with van der Waals surface area (Å²) < 4.78 is 13.4. The fraction of sp³-hybridized carbons (Fsp3) is 0.433. The molecule has 12 nitrogen and oxygen atoms in total. The van der Waals surface area contributed by atoms with Crippen LogP contribution in [0.3, 0.4) is 0 Å². The van der Waals surface area contributed by atoms with Crippen molar-refractivity contribution in [2.45, 2.75) is 78.3 Å². The molecule has 43 heavy (non-hydrogen) atoms. The Morgan fingerprint density at radius 2 is 1.81 bits per heavy atom. The third-order valence-corrected chi connectivity index (χ3v) is 6.96. The summed E-state index contributed by atoms with van der Waals surface area (Å²) in [5, 5.41) is 13.4. The number of aryl methyl sites for hydroxylation is 1. The molecular formula is C30H36ClN5O7. The number of amides is 1. The zero-order valence-corrected chi connectivity index (χ0v) is 25.7. The number of carbonyl (C=O) groups is 2. The maximum absolute atomic E-state index is 14.0. The molecule has 0 spiro atoms. The summed E-state index contributed by atoms with van der Waals surface area (Å²) in [4.78, 5) is 57.5. The van der Waals surface area contributed by atoms with E-state index in [4.69, 9.17) is 21.1 Å². The predicted octanol–water partition coefficient (Wildman–Crippen LogP) is 4.58. The van der Waals surface area contributed by atoms with Crippen LogP contribution in [0.15, 0.2) is 52.1 Å². The van der Waals surface area contributed by atoms with E-state index >= 15 is 0 Å². The standard InChI is InChI=1S/C30H36ClN5O7/c1-17(2)42-24-12-11-21(13-18(24)3)32-26-33-27(39)36(28(40)35(26)15-19-7-9-20(31)10-8-19)22-14-23(25(37)38)34(16-22)29(41)43-30(4,5)6/h7-13,17,22-23H,14-16H2,1-6H3,(H,37,38)(H,32,33,39)/t22-,23-/m0/s1. The number of aliphatic carboxylic acids is 1. The number of nitrogens with one attached hydrogen (secondary N) is 1. The second-order valence-electron chi connectivity index (χ2n) is 11.7. The van der Waals surface area contributed by atoms with E-state index in [1.807, 2.05) is 26.8 Å². The Hall–Kier alpha value is -4.32. The van der Waals surface area contributed by atoms with Gasteiger partial charge in [-0.1, -0.05) is 23.7 Å². The first-order chi connectivity index (χ1) is 20.1. The van der Waals surface area contributed by atoms with Gasteiger partial charge in [0, 0.05) is 23.7 Å². The first-order valence-corrected chi connectivity index (χ1v) is 14.3. The van der Waals surface area contributed by atoms with Crippen molar-refractivity contribution < 1.29 is 24.2 Å². The zero-order chi connectivity index (χ0) is 31.6. The van der Waals surface area contributed by atoms with Gasteiger partial charge in [-0.05, 0) is 83.0 Å². The van der Waals surface area contributed by atoms with Gasteiger partial charge >= 0.3 is 23.4 Å². The first-order valence-electron chi connectivity index (χ1n) is 13.9. The topological polar surface area (TPSA) is 145 Å². The molecule has 0 bridgehead atoms. The fourth-order valence-corrected chi connectivity index (χ4v) is 4.96. The summed E-state index contributed by atoms with van der Waals surface area (Å²) in [6.45, 7) is 10.5. The normalized spacial score (nSPS) is 16.8. The van der Waals surface area contributed by atoms with Crippen LogP contribution in [0.2, 0.25) is 5.02 Å². The van der Waals surface area contributed by atoms with Crippen LogP contribution in [-0.4, -0.2) is 60.5 Å². The minimum atomic E-state index is -1.29. The molecule has 0 unspecified atom stereocenters. The van der Waals surface area contributed by atoms with Gasteiger partial charge in [-0.3, -0.25) is 9.47 Å². The molecule has 13 heteroatoms. The molecule has 0 radical (unpaired) electrons. The second kappa shape index (κ2) is 12.5. The van der Waals surface area contributed by atoms with E-state index in [0.717, 1.165) is 15.0 Å². The lowest BCUT2D eigenvalue weighted by molar-refractivity contribution is -0.142. The van der Waals surface area contributed by atoms with Crippen LogP contribution < -0.4 is 21.4 Å². The summed E-state index contributed by atoms with van der Waals surface area (Å²) >= 11 is 6.05. The summed E-state index contributed by atoms with van der Waals surface area (Å²) in [5.41, 5.74) is -0.335. The van der Waals surface area contributed by atoms with Gasteiger partial charge in [0.05, 0.1) is 18.7 Å². The highest BCUT2D eigenvalue weighted by Crippen LogP contribution is 2.29. The highest BCUT2D eigenvalue weighted by atomic mass is 35.5. The molecule has 1 saturated heterocycles. The highest BCUT2D eigenvalue weighted by Gasteiger charge is 2.43. The van der Waals surface area contributed by atoms with Crippen LogP contribution in [0.4, 0.5) is 16.4 Å². The molecule has 3 aromatic rings. The SMILES string of the molecule is Cc1cc(Nc2nc(=O)n([C@H]3C[C@@H](C(=O)O)N(C(=O)OC(C)(C)C)C3)c(=O)n2Cc2ccc(Cl)cc2)ccc1OC(C)C. The van der Waals surface area contributed by atoms with Crippen molar-refractivity contribution in [3.05, 3.63) is 79.6 Å². The minimum Gasteiger partial charge on any atom is -0.491 e. The molecule has 2 N–H and O–H groups in total. The summed E-state index contributed by atoms with van der Waals surface area (Å²) in [6, 6.07) is 9.98. The number of benzene rings is 2. The molecule has 1 aliphatic heterocycles. The van der Waals surface area contributed by atoms with Crippen molar-refractivity contribution in [3.63, 3.8) is 0 Å². The lowest BCUT2D eigenvalue weighted by Gasteiger charge is -2.26. The molecule has 1 aliphatic rings. The Morgan fingerprint density at radius 3 is 2.40 bits per heavy atom. The number of carboxylic acids is 1. The molecule has 1 amide bonds. The van der Waals surface area contributed by atoms with Crippen molar-refractivity contribution in [1.29, 1.82) is 0 Å². The van der Waals surface area contributed by atoms with E-state index < -0.39 is 41.1 Å². The van der Waals surface area contributed by atoms with Gasteiger partial charge in [0.15, 0.2) is 0 Å². The number of hydrogen-bond donors (Lipinski definition) is 2. The number of carboxylic acid groups (broad SMARTS) is 1. The van der Waals surface area contributed by atoms with Crippen LogP contribution in [0.25, 0.3) is 0 Å². The fourth-order valence-electron chi connectivity index (χ4n) is 4.83. The average Bonchev–Trinajstić information content (AvgIpc) is 3.33. The lowest BCUT2D eigenvalue weighted by Crippen LogP contribution is -2.46. The molecule has 0 saturated carbocycles. The number of halogens is 1. The van der Waals surface area contributed by atoms with E-state index in [-0.39, 0.29) is 31.6 Å². The van der Waals surface area contributed by atoms with Crippen molar-refractivity contribution in [2.75, 3.05) is 11.9 Å². The van der Waals surface area contributed by atoms with E-state index in [1.54, 1.807) is 57.2 Å². The Labute approximate surface area is 253 Å². The quantitative estimate of drug-likeness (QED) is 0.373. The van der Waals surface area contributed by atoms with Crippen LogP contribution >= 0.6 is 11.6 Å². The summed E-state index contributed by atoms with van der Waals surface area (Å²) in [5.74, 6) is -0.574. The molecule has 2 aromatic carbocycles. The molecule has 0 aliphatic carbocycles. The van der Waals surface area contributed by atoms with E-state index in [0.29, 0.717) is 22.0 Å².